The average Bonchev–Trinajstić information content (AvgIpc) is 2.91. The molecule has 0 fully saturated rings. The molecular formula is C16H12I2N2. The fraction of sp³-hybridized carbons (Fsp3) is 0.0625. The molecule has 4 heteroatoms. The molecule has 0 aliphatic carbocycles. The van der Waals surface area contributed by atoms with E-state index in [2.05, 4.69) is 105 Å². The van der Waals surface area contributed by atoms with Gasteiger partial charge in [-0.15, -0.1) is 0 Å². The lowest BCUT2D eigenvalue weighted by molar-refractivity contribution is 0.687. The molecular weight excluding hydrogens is 474 g/mol. The van der Waals surface area contributed by atoms with Crippen molar-refractivity contribution in [3.05, 3.63) is 73.6 Å². The van der Waals surface area contributed by atoms with Crippen molar-refractivity contribution < 1.29 is 0 Å². The molecule has 3 rings (SSSR count). The summed E-state index contributed by atoms with van der Waals surface area (Å²) in [5.74, 6) is 0. The van der Waals surface area contributed by atoms with Crippen LogP contribution in [0, 0.1) is 7.14 Å². The summed E-state index contributed by atoms with van der Waals surface area (Å²) >= 11 is 4.64. The molecule has 0 unspecified atom stereocenters. The summed E-state index contributed by atoms with van der Waals surface area (Å²) in [6, 6.07) is 17.0. The lowest BCUT2D eigenvalue weighted by atomic mass is 10.1. The SMILES string of the molecule is Ic1ccc(Cn2cc(-c3ccc(I)cc3)cn2)cc1. The number of hydrogen-bond donors (Lipinski definition) is 0. The smallest absolute Gasteiger partial charge is 0.0659 e. The maximum atomic E-state index is 4.45. The number of hydrogen-bond acceptors (Lipinski definition) is 1. The van der Waals surface area contributed by atoms with Crippen LogP contribution >= 0.6 is 45.2 Å². The first kappa shape index (κ1) is 14.1. The minimum absolute atomic E-state index is 0.807. The first-order valence-electron chi connectivity index (χ1n) is 6.23. The largest absolute Gasteiger partial charge is 0.268 e. The number of benzene rings is 2. The fourth-order valence-electron chi connectivity index (χ4n) is 2.02. The van der Waals surface area contributed by atoms with Crippen molar-refractivity contribution in [2.24, 2.45) is 0 Å². The summed E-state index contributed by atoms with van der Waals surface area (Å²) in [5.41, 5.74) is 3.63. The van der Waals surface area contributed by atoms with Crippen molar-refractivity contribution in [1.82, 2.24) is 9.78 Å². The van der Waals surface area contributed by atoms with E-state index < -0.39 is 0 Å². The van der Waals surface area contributed by atoms with Crippen LogP contribution in [0.1, 0.15) is 5.56 Å². The van der Waals surface area contributed by atoms with Gasteiger partial charge in [0.2, 0.25) is 0 Å². The Bertz CT molecular complexity index is 700. The monoisotopic (exact) mass is 486 g/mol. The minimum atomic E-state index is 0.807. The minimum Gasteiger partial charge on any atom is -0.268 e. The summed E-state index contributed by atoms with van der Waals surface area (Å²) in [5, 5.41) is 4.45. The van der Waals surface area contributed by atoms with Crippen molar-refractivity contribution in [3.8, 4) is 11.1 Å². The van der Waals surface area contributed by atoms with Gasteiger partial charge in [0, 0.05) is 18.9 Å². The van der Waals surface area contributed by atoms with Crippen molar-refractivity contribution in [2.45, 2.75) is 6.54 Å². The van der Waals surface area contributed by atoms with Crippen LogP contribution in [0.2, 0.25) is 0 Å². The lowest BCUT2D eigenvalue weighted by Crippen LogP contribution is -1.99. The Morgan fingerprint density at radius 1 is 0.800 bits per heavy atom. The molecule has 20 heavy (non-hydrogen) atoms. The second kappa shape index (κ2) is 6.26. The summed E-state index contributed by atoms with van der Waals surface area (Å²) in [6.45, 7) is 0.807. The van der Waals surface area contributed by atoms with E-state index in [0.29, 0.717) is 0 Å². The first-order valence-corrected chi connectivity index (χ1v) is 8.39. The predicted molar refractivity (Wildman–Crippen MR) is 98.6 cm³/mol. The molecule has 0 atom stereocenters. The van der Waals surface area contributed by atoms with Crippen LogP contribution in [0.3, 0.4) is 0 Å². The molecule has 0 radical (unpaired) electrons. The zero-order chi connectivity index (χ0) is 13.9. The maximum Gasteiger partial charge on any atom is 0.0659 e. The third-order valence-electron chi connectivity index (χ3n) is 3.07. The maximum absolute atomic E-state index is 4.45. The third-order valence-corrected chi connectivity index (χ3v) is 4.51. The molecule has 0 aliphatic rings. The van der Waals surface area contributed by atoms with E-state index in [0.717, 1.165) is 12.1 Å². The molecule has 0 saturated heterocycles. The number of halogens is 2. The van der Waals surface area contributed by atoms with Gasteiger partial charge in [0.1, 0.15) is 0 Å². The van der Waals surface area contributed by atoms with Gasteiger partial charge >= 0.3 is 0 Å². The van der Waals surface area contributed by atoms with Gasteiger partial charge in [0.05, 0.1) is 12.7 Å². The number of rotatable bonds is 3. The van der Waals surface area contributed by atoms with Gasteiger partial charge in [-0.2, -0.15) is 5.10 Å². The predicted octanol–water partition coefficient (Wildman–Crippen LogP) is 4.81. The van der Waals surface area contributed by atoms with Crippen molar-refractivity contribution in [3.63, 3.8) is 0 Å². The molecule has 100 valence electrons. The highest BCUT2D eigenvalue weighted by Gasteiger charge is 2.02. The third kappa shape index (κ3) is 3.41. The zero-order valence-electron chi connectivity index (χ0n) is 10.6. The molecule has 2 aromatic carbocycles. The van der Waals surface area contributed by atoms with E-state index in [1.54, 1.807) is 0 Å². The normalized spacial score (nSPS) is 10.7. The van der Waals surface area contributed by atoms with Crippen LogP contribution in [0.25, 0.3) is 11.1 Å². The van der Waals surface area contributed by atoms with Gasteiger partial charge in [-0.25, -0.2) is 0 Å². The molecule has 0 amide bonds. The van der Waals surface area contributed by atoms with Gasteiger partial charge < -0.3 is 0 Å². The number of aromatic nitrogens is 2. The van der Waals surface area contributed by atoms with E-state index in [1.165, 1.54) is 18.3 Å². The number of nitrogens with zero attached hydrogens (tertiary/aromatic N) is 2. The molecule has 3 aromatic rings. The van der Waals surface area contributed by atoms with Crippen molar-refractivity contribution in [2.75, 3.05) is 0 Å². The summed E-state index contributed by atoms with van der Waals surface area (Å²) in [6.07, 6.45) is 4.02. The highest BCUT2D eigenvalue weighted by molar-refractivity contribution is 14.1. The van der Waals surface area contributed by atoms with Gasteiger partial charge in [-0.05, 0) is 80.6 Å². The second-order valence-electron chi connectivity index (χ2n) is 4.56. The molecule has 1 heterocycles. The molecule has 0 bridgehead atoms. The standard InChI is InChI=1S/C16H12I2N2/c17-15-5-1-12(2-6-15)10-20-11-14(9-19-20)13-3-7-16(18)8-4-13/h1-9,11H,10H2. The average molecular weight is 486 g/mol. The topological polar surface area (TPSA) is 17.8 Å². The van der Waals surface area contributed by atoms with Crippen molar-refractivity contribution >= 4 is 45.2 Å². The highest BCUT2D eigenvalue weighted by Crippen LogP contribution is 2.20. The van der Waals surface area contributed by atoms with E-state index in [1.807, 2.05) is 10.9 Å². The molecule has 1 aromatic heterocycles. The lowest BCUT2D eigenvalue weighted by Gasteiger charge is -2.02. The summed E-state index contributed by atoms with van der Waals surface area (Å²) in [4.78, 5) is 0. The van der Waals surface area contributed by atoms with Gasteiger partial charge in [0.25, 0.3) is 0 Å². The van der Waals surface area contributed by atoms with Crippen LogP contribution in [0.5, 0.6) is 0 Å². The second-order valence-corrected chi connectivity index (χ2v) is 7.05. The van der Waals surface area contributed by atoms with Crippen LogP contribution < -0.4 is 0 Å². The quantitative estimate of drug-likeness (QED) is 0.487. The van der Waals surface area contributed by atoms with Gasteiger partial charge in [0.15, 0.2) is 0 Å². The molecule has 2 nitrogen and oxygen atoms in total. The zero-order valence-corrected chi connectivity index (χ0v) is 14.9. The Kier molecular flexibility index (Phi) is 4.40. The van der Waals surface area contributed by atoms with Crippen LogP contribution in [-0.2, 0) is 6.54 Å². The summed E-state index contributed by atoms with van der Waals surface area (Å²) in [7, 11) is 0. The Hall–Kier alpha value is -0.890. The Morgan fingerprint density at radius 3 is 2.05 bits per heavy atom. The molecule has 0 spiro atoms. The molecule has 0 saturated carbocycles. The van der Waals surface area contributed by atoms with E-state index in [9.17, 15) is 0 Å². The van der Waals surface area contributed by atoms with Gasteiger partial charge in [-0.3, -0.25) is 4.68 Å². The summed E-state index contributed by atoms with van der Waals surface area (Å²) < 4.78 is 4.49. The van der Waals surface area contributed by atoms with E-state index in [-0.39, 0.29) is 0 Å². The van der Waals surface area contributed by atoms with E-state index >= 15 is 0 Å². The van der Waals surface area contributed by atoms with Gasteiger partial charge in [-0.1, -0.05) is 24.3 Å². The van der Waals surface area contributed by atoms with Crippen LogP contribution in [0.4, 0.5) is 0 Å². The van der Waals surface area contributed by atoms with Crippen LogP contribution in [0.15, 0.2) is 60.9 Å². The first-order chi connectivity index (χ1) is 9.70. The van der Waals surface area contributed by atoms with Crippen molar-refractivity contribution in [1.29, 1.82) is 0 Å². The Morgan fingerprint density at radius 2 is 1.40 bits per heavy atom. The molecule has 0 aliphatic heterocycles. The molecule has 0 N–H and O–H groups in total. The fourth-order valence-corrected chi connectivity index (χ4v) is 2.74. The van der Waals surface area contributed by atoms with Crippen LogP contribution in [-0.4, -0.2) is 9.78 Å². The Labute approximate surface area is 145 Å². The Balaban J connectivity index is 1.80. The van der Waals surface area contributed by atoms with E-state index in [4.69, 9.17) is 0 Å². The highest BCUT2D eigenvalue weighted by atomic mass is 127.